The molecule has 0 N–H and O–H groups in total. The monoisotopic (exact) mass is 594 g/mol. The Bertz CT molecular complexity index is 790. The van der Waals surface area contributed by atoms with Crippen molar-refractivity contribution < 1.29 is 61.8 Å². The molecule has 0 saturated carbocycles. The van der Waals surface area contributed by atoms with E-state index in [9.17, 15) is 57.1 Å². The van der Waals surface area contributed by atoms with Gasteiger partial charge < -0.3 is 4.74 Å². The Kier molecular flexibility index (Phi) is 7.32. The molecule has 0 aliphatic rings. The van der Waals surface area contributed by atoms with Gasteiger partial charge >= 0.3 is 35.8 Å². The van der Waals surface area contributed by atoms with E-state index < -0.39 is 47.8 Å². The number of hydrogen-bond acceptors (Lipinski definition) is 1. The zero-order chi connectivity index (χ0) is 24.9. The summed E-state index contributed by atoms with van der Waals surface area (Å²) in [6, 6.07) is 4.87. The highest BCUT2D eigenvalue weighted by atomic mass is 127. The van der Waals surface area contributed by atoms with Crippen LogP contribution in [0.25, 0.3) is 0 Å². The maximum absolute atomic E-state index is 14.2. The highest BCUT2D eigenvalue weighted by Crippen LogP contribution is 2.61. The fourth-order valence-corrected chi connectivity index (χ4v) is 3.46. The second-order valence-electron chi connectivity index (χ2n) is 6.59. The van der Waals surface area contributed by atoms with Crippen molar-refractivity contribution >= 4 is 22.6 Å². The minimum Gasteiger partial charge on any atom is -0.374 e. The van der Waals surface area contributed by atoms with Gasteiger partial charge in [0.05, 0.1) is 12.0 Å². The van der Waals surface area contributed by atoms with Crippen molar-refractivity contribution in [2.24, 2.45) is 0 Å². The Balaban J connectivity index is 3.54. The van der Waals surface area contributed by atoms with Gasteiger partial charge in [-0.25, -0.2) is 0 Å². The van der Waals surface area contributed by atoms with E-state index >= 15 is 0 Å². The molecule has 1 atom stereocenters. The molecule has 0 bridgehead atoms. The van der Waals surface area contributed by atoms with Crippen LogP contribution in [-0.4, -0.2) is 42.9 Å². The molecular formula is C16H12F13IO. The van der Waals surface area contributed by atoms with Gasteiger partial charge in [-0.1, -0.05) is 18.2 Å². The number of halogens is 14. The zero-order valence-corrected chi connectivity index (χ0v) is 17.4. The van der Waals surface area contributed by atoms with Gasteiger partial charge in [-0.3, -0.25) is 0 Å². The lowest BCUT2D eigenvalue weighted by molar-refractivity contribution is -0.441. The third-order valence-corrected chi connectivity index (χ3v) is 5.39. The summed E-state index contributed by atoms with van der Waals surface area (Å²) in [5.41, 5.74) is -2.84. The van der Waals surface area contributed by atoms with E-state index in [-0.39, 0.29) is 9.13 Å². The molecule has 0 radical (unpaired) electrons. The third-order valence-electron chi connectivity index (χ3n) is 4.45. The first-order valence-electron chi connectivity index (χ1n) is 7.79. The second-order valence-corrected chi connectivity index (χ2v) is 7.75. The molecule has 1 rings (SSSR count). The standard InChI is InChI=1S/C16H12F13IO/c1-10(31-2,8-5-3-4-6-9(8)30)7-11(17,18)12(19,20)13(21,22)14(23,24)15(25,26)16(27,28)29/h3-6H,7H2,1-2H3. The molecule has 0 saturated heterocycles. The maximum Gasteiger partial charge on any atom is 0.460 e. The van der Waals surface area contributed by atoms with Gasteiger partial charge in [-0.15, -0.1) is 0 Å². The minimum atomic E-state index is -7.92. The molecular weight excluding hydrogens is 582 g/mol. The van der Waals surface area contributed by atoms with Gasteiger partial charge in [-0.2, -0.15) is 57.1 Å². The number of benzene rings is 1. The van der Waals surface area contributed by atoms with Gasteiger partial charge in [0.25, 0.3) is 0 Å². The Morgan fingerprint density at radius 1 is 0.710 bits per heavy atom. The molecule has 180 valence electrons. The van der Waals surface area contributed by atoms with Crippen molar-refractivity contribution in [2.45, 2.75) is 54.7 Å². The van der Waals surface area contributed by atoms with Crippen LogP contribution in [-0.2, 0) is 10.3 Å². The molecule has 0 aliphatic carbocycles. The lowest BCUT2D eigenvalue weighted by atomic mass is 9.84. The molecule has 0 spiro atoms. The van der Waals surface area contributed by atoms with E-state index in [1.54, 1.807) is 0 Å². The van der Waals surface area contributed by atoms with Crippen molar-refractivity contribution in [3.05, 3.63) is 33.4 Å². The largest absolute Gasteiger partial charge is 0.460 e. The molecule has 0 fully saturated rings. The molecule has 1 aromatic carbocycles. The molecule has 1 aromatic rings. The van der Waals surface area contributed by atoms with Crippen molar-refractivity contribution in [3.8, 4) is 0 Å². The normalized spacial score (nSPS) is 16.9. The van der Waals surface area contributed by atoms with Crippen molar-refractivity contribution in [1.29, 1.82) is 0 Å². The van der Waals surface area contributed by atoms with Crippen LogP contribution >= 0.6 is 22.6 Å². The van der Waals surface area contributed by atoms with Crippen LogP contribution in [0.4, 0.5) is 57.1 Å². The second kappa shape index (κ2) is 8.09. The summed E-state index contributed by atoms with van der Waals surface area (Å²) in [6.07, 6.45) is -9.90. The third kappa shape index (κ3) is 4.31. The summed E-state index contributed by atoms with van der Waals surface area (Å²) in [6.45, 7) is 0.690. The summed E-state index contributed by atoms with van der Waals surface area (Å²) >= 11 is 1.52. The van der Waals surface area contributed by atoms with Crippen LogP contribution in [0, 0.1) is 3.57 Å². The fourth-order valence-electron chi connectivity index (χ4n) is 2.50. The zero-order valence-electron chi connectivity index (χ0n) is 15.2. The predicted octanol–water partition coefficient (Wildman–Crippen LogP) is 7.28. The van der Waals surface area contributed by atoms with Crippen LogP contribution in [0.3, 0.4) is 0 Å². The van der Waals surface area contributed by atoms with E-state index in [2.05, 4.69) is 4.74 Å². The molecule has 1 nitrogen and oxygen atoms in total. The van der Waals surface area contributed by atoms with Gasteiger partial charge in [0.15, 0.2) is 0 Å². The Morgan fingerprint density at radius 3 is 1.52 bits per heavy atom. The summed E-state index contributed by atoms with van der Waals surface area (Å²) in [4.78, 5) is 0. The summed E-state index contributed by atoms with van der Waals surface area (Å²) in [5.74, 6) is -37.1. The number of alkyl halides is 13. The van der Waals surface area contributed by atoms with E-state index in [1.165, 1.54) is 40.8 Å². The van der Waals surface area contributed by atoms with Gasteiger partial charge in [0.2, 0.25) is 0 Å². The van der Waals surface area contributed by atoms with Crippen LogP contribution < -0.4 is 0 Å². The van der Waals surface area contributed by atoms with Crippen LogP contribution in [0.15, 0.2) is 24.3 Å². The first kappa shape index (κ1) is 28.0. The Morgan fingerprint density at radius 2 is 1.13 bits per heavy atom. The van der Waals surface area contributed by atoms with Gasteiger partial charge in [0, 0.05) is 10.7 Å². The predicted molar refractivity (Wildman–Crippen MR) is 88.9 cm³/mol. The van der Waals surface area contributed by atoms with Crippen molar-refractivity contribution in [2.75, 3.05) is 7.11 Å². The molecule has 0 aliphatic heterocycles. The van der Waals surface area contributed by atoms with E-state index in [0.717, 1.165) is 6.07 Å². The first-order valence-corrected chi connectivity index (χ1v) is 8.87. The van der Waals surface area contributed by atoms with E-state index in [0.29, 0.717) is 14.0 Å². The fraction of sp³-hybridized carbons (Fsp3) is 0.625. The SMILES string of the molecule is COC(C)(CC(F)(F)C(F)(F)C(F)(F)C(F)(F)C(F)(F)C(F)(F)F)c1ccccc1I. The summed E-state index contributed by atoms with van der Waals surface area (Å²) < 4.78 is 177. The van der Waals surface area contributed by atoms with E-state index in [1.807, 2.05) is 0 Å². The smallest absolute Gasteiger partial charge is 0.374 e. The number of hydrogen-bond donors (Lipinski definition) is 0. The quantitative estimate of drug-likeness (QED) is 0.227. The molecule has 0 amide bonds. The van der Waals surface area contributed by atoms with E-state index in [4.69, 9.17) is 0 Å². The molecule has 0 heterocycles. The summed E-state index contributed by atoms with van der Waals surface area (Å²) in [5, 5.41) is 0. The van der Waals surface area contributed by atoms with Crippen LogP contribution in [0.5, 0.6) is 0 Å². The molecule has 15 heteroatoms. The Labute approximate surface area is 180 Å². The number of methoxy groups -OCH3 is 1. The Hall–Kier alpha value is -1.00. The molecule has 1 unspecified atom stereocenters. The van der Waals surface area contributed by atoms with Crippen molar-refractivity contribution in [3.63, 3.8) is 0 Å². The van der Waals surface area contributed by atoms with Gasteiger partial charge in [0.1, 0.15) is 0 Å². The average Bonchev–Trinajstić information content (AvgIpc) is 2.59. The lowest BCUT2D eigenvalue weighted by Gasteiger charge is -2.42. The van der Waals surface area contributed by atoms with Gasteiger partial charge in [-0.05, 0) is 41.1 Å². The maximum atomic E-state index is 14.2. The highest BCUT2D eigenvalue weighted by molar-refractivity contribution is 14.1. The van der Waals surface area contributed by atoms with Crippen molar-refractivity contribution in [1.82, 2.24) is 0 Å². The topological polar surface area (TPSA) is 9.23 Å². The van der Waals surface area contributed by atoms with Crippen LogP contribution in [0.1, 0.15) is 18.9 Å². The lowest BCUT2D eigenvalue weighted by Crippen LogP contribution is -2.70. The number of ether oxygens (including phenoxy) is 1. The number of rotatable bonds is 8. The first-order chi connectivity index (χ1) is 13.5. The molecule has 31 heavy (non-hydrogen) atoms. The van der Waals surface area contributed by atoms with Crippen LogP contribution in [0.2, 0.25) is 0 Å². The average molecular weight is 594 g/mol. The molecule has 0 aromatic heterocycles. The minimum absolute atomic E-state index is 0.0873. The highest BCUT2D eigenvalue weighted by Gasteiger charge is 2.90. The summed E-state index contributed by atoms with van der Waals surface area (Å²) in [7, 11) is 0.682.